The van der Waals surface area contributed by atoms with Gasteiger partial charge in [-0.3, -0.25) is 38.7 Å². The van der Waals surface area contributed by atoms with Crippen molar-refractivity contribution in [2.45, 2.75) is 0 Å². The maximum absolute atomic E-state index is 10.6. The van der Waals surface area contributed by atoms with E-state index in [0.717, 1.165) is 0 Å². The molecular weight excluding hydrogens is 434 g/mol. The summed E-state index contributed by atoms with van der Waals surface area (Å²) in [6, 6.07) is 0. The summed E-state index contributed by atoms with van der Waals surface area (Å²) >= 11 is 20.2. The maximum atomic E-state index is 10.6. The summed E-state index contributed by atoms with van der Waals surface area (Å²) in [7, 11) is 0. The minimum atomic E-state index is -1.14. The second-order valence-corrected chi connectivity index (χ2v) is 4.39. The van der Waals surface area contributed by atoms with Gasteiger partial charge in [-0.2, -0.15) is 0 Å². The van der Waals surface area contributed by atoms with Crippen molar-refractivity contribution in [3.05, 3.63) is 62.9 Å². The molecule has 0 aromatic carbocycles. The van der Waals surface area contributed by atoms with Crippen LogP contribution in [0.2, 0.25) is 0 Å². The molecule has 2 aromatic heterocycles. The molecule has 23 heavy (non-hydrogen) atoms. The fourth-order valence-corrected chi connectivity index (χ4v) is 1.35. The van der Waals surface area contributed by atoms with Crippen LogP contribution in [0, 0.1) is 0 Å². The molecule has 0 bridgehead atoms. The van der Waals surface area contributed by atoms with E-state index in [2.05, 4.69) is 9.97 Å². The smallest absolute Gasteiger partial charge is 0.284 e. The molecule has 0 N–H and O–H groups in total. The third-order valence-electron chi connectivity index (χ3n) is 1.73. The molecule has 0 spiro atoms. The van der Waals surface area contributed by atoms with Crippen molar-refractivity contribution < 1.29 is 0 Å². The van der Waals surface area contributed by atoms with Crippen LogP contribution in [-0.2, 0) is 0 Å². The van der Waals surface area contributed by atoms with Gasteiger partial charge in [0.1, 0.15) is 0 Å². The Morgan fingerprint density at radius 1 is 0.522 bits per heavy atom. The Labute approximate surface area is 172 Å². The van der Waals surface area contributed by atoms with E-state index in [-0.39, 0.29) is 54.1 Å². The summed E-state index contributed by atoms with van der Waals surface area (Å²) in [6.45, 7) is 0. The van der Waals surface area contributed by atoms with Crippen LogP contribution in [0.15, 0.2) is 28.8 Å². The zero-order chi connectivity index (χ0) is 17.2. The minimum absolute atomic E-state index is 0. The Hall–Kier alpha value is -0.760. The number of halogens is 4. The number of nitrogens with zero attached hydrogens (tertiary/aromatic N) is 6. The van der Waals surface area contributed by atoms with Crippen LogP contribution in [0.1, 0.15) is 0 Å². The third kappa shape index (κ3) is 5.11. The van der Waals surface area contributed by atoms with Crippen molar-refractivity contribution in [2.75, 3.05) is 0 Å². The summed E-state index contributed by atoms with van der Waals surface area (Å²) < 4.78 is 0.422. The van der Waals surface area contributed by atoms with E-state index in [0.29, 0.717) is 0 Å². The minimum Gasteiger partial charge on any atom is -0.284 e. The van der Waals surface area contributed by atoms with Crippen molar-refractivity contribution >= 4 is 84.8 Å². The molecule has 0 atom stereocenters. The molecule has 12 nitrogen and oxygen atoms in total. The monoisotopic (exact) mass is 432 g/mol. The number of aromatic nitrogens is 6. The van der Waals surface area contributed by atoms with Crippen LogP contribution in [0.4, 0.5) is 0 Å². The van der Waals surface area contributed by atoms with Crippen molar-refractivity contribution in [1.29, 1.82) is 0 Å². The van der Waals surface area contributed by atoms with Crippen molar-refractivity contribution in [3.63, 3.8) is 0 Å². The Balaban J connectivity index is 0.000000403. The molecule has 120 valence electrons. The Kier molecular flexibility index (Phi) is 8.62. The SMILES string of the molecule is O=c1[n-]c(=O)n(Cl)c(=O)n1Cl.O=c1[n-]c(=O)n(Cl)c(=O)n1Cl.[Ca+2]. The van der Waals surface area contributed by atoms with Crippen LogP contribution < -0.4 is 44.1 Å². The van der Waals surface area contributed by atoms with Gasteiger partial charge in [0.25, 0.3) is 0 Å². The van der Waals surface area contributed by atoms with E-state index >= 15 is 0 Å². The molecular formula is C6CaCl4N6O6. The van der Waals surface area contributed by atoms with Gasteiger partial charge in [-0.05, 0) is 0 Å². The molecule has 2 rings (SSSR count). The van der Waals surface area contributed by atoms with Crippen LogP contribution in [0.3, 0.4) is 0 Å². The van der Waals surface area contributed by atoms with E-state index < -0.39 is 34.1 Å². The van der Waals surface area contributed by atoms with Gasteiger partial charge in [-0.15, -0.1) is 0 Å². The average molecular weight is 434 g/mol. The maximum Gasteiger partial charge on any atom is 2.00 e. The Bertz CT molecular complexity index is 898. The fourth-order valence-electron chi connectivity index (χ4n) is 0.821. The molecule has 0 fully saturated rings. The predicted octanol–water partition coefficient (Wildman–Crippen LogP) is -3.72. The Morgan fingerprint density at radius 3 is 0.870 bits per heavy atom. The molecule has 0 aliphatic carbocycles. The van der Waals surface area contributed by atoms with E-state index in [1.165, 1.54) is 0 Å². The van der Waals surface area contributed by atoms with Gasteiger partial charge in [0.05, 0.1) is 0 Å². The molecule has 0 unspecified atom stereocenters. The first kappa shape index (κ1) is 22.2. The van der Waals surface area contributed by atoms with Gasteiger partial charge < -0.3 is 0 Å². The first-order valence-corrected chi connectivity index (χ1v) is 5.94. The van der Waals surface area contributed by atoms with Gasteiger partial charge in [0.15, 0.2) is 0 Å². The standard InChI is InChI=1S/2C3HCl2N3O3.Ca/c2*4-7-1(9)6-2(10)8(5)3(7)11;/h2*(H,6,9,10);/q;;+2/p-2. The van der Waals surface area contributed by atoms with Crippen LogP contribution in [-0.4, -0.2) is 54.1 Å². The van der Waals surface area contributed by atoms with Gasteiger partial charge in [-0.1, -0.05) is 47.1 Å². The third-order valence-corrected chi connectivity index (χ3v) is 2.88. The van der Waals surface area contributed by atoms with Gasteiger partial charge in [0, 0.05) is 0 Å². The topological polar surface area (TPSA) is 150 Å². The molecule has 0 aliphatic rings. The number of hydrogen-bond donors (Lipinski definition) is 0. The van der Waals surface area contributed by atoms with Gasteiger partial charge >= 0.3 is 37.7 Å². The molecule has 0 saturated carbocycles. The summed E-state index contributed by atoms with van der Waals surface area (Å²) in [5.41, 5.74) is -6.81. The van der Waals surface area contributed by atoms with Gasteiger partial charge in [-0.25, -0.2) is 16.3 Å². The summed E-state index contributed by atoms with van der Waals surface area (Å²) in [5.74, 6) is 0. The second-order valence-electron chi connectivity index (χ2n) is 3.04. The Morgan fingerprint density at radius 2 is 0.696 bits per heavy atom. The van der Waals surface area contributed by atoms with Crippen LogP contribution in [0.25, 0.3) is 0 Å². The zero-order valence-corrected chi connectivity index (χ0v) is 15.6. The quantitative estimate of drug-likeness (QED) is 0.385. The number of rotatable bonds is 0. The zero-order valence-electron chi connectivity index (χ0n) is 10.4. The first-order chi connectivity index (χ1) is 10.1. The molecule has 0 aliphatic heterocycles. The first-order valence-electron chi connectivity index (χ1n) is 4.58. The molecule has 0 saturated heterocycles. The summed E-state index contributed by atoms with van der Waals surface area (Å²) in [6.07, 6.45) is 0. The summed E-state index contributed by atoms with van der Waals surface area (Å²) in [4.78, 5) is 68.7. The van der Waals surface area contributed by atoms with Crippen LogP contribution in [0.5, 0.6) is 0 Å². The average Bonchev–Trinajstić information content (AvgIpc) is 2.47. The van der Waals surface area contributed by atoms with E-state index in [1.54, 1.807) is 0 Å². The van der Waals surface area contributed by atoms with E-state index in [4.69, 9.17) is 47.1 Å². The normalized spacial score (nSPS) is 9.57. The second kappa shape index (κ2) is 8.92. The van der Waals surface area contributed by atoms with Crippen molar-refractivity contribution in [2.24, 2.45) is 0 Å². The largest absolute Gasteiger partial charge is 2.00 e. The van der Waals surface area contributed by atoms with E-state index in [9.17, 15) is 28.8 Å². The van der Waals surface area contributed by atoms with Gasteiger partial charge in [0.2, 0.25) is 34.1 Å². The van der Waals surface area contributed by atoms with Crippen molar-refractivity contribution in [3.8, 4) is 0 Å². The molecule has 2 heterocycles. The molecule has 17 heteroatoms. The number of hydrogen-bond acceptors (Lipinski definition) is 6. The van der Waals surface area contributed by atoms with E-state index in [1.807, 2.05) is 0 Å². The fraction of sp³-hybridized carbons (Fsp3) is 0. The predicted molar refractivity (Wildman–Crippen MR) is 79.9 cm³/mol. The van der Waals surface area contributed by atoms with Crippen LogP contribution >= 0.6 is 47.1 Å². The summed E-state index contributed by atoms with van der Waals surface area (Å²) in [5, 5.41) is 0. The molecule has 2 aromatic rings. The van der Waals surface area contributed by atoms with Crippen molar-refractivity contribution in [1.82, 2.24) is 26.3 Å². The molecule has 0 radical (unpaired) electrons. The molecule has 0 amide bonds.